The summed E-state index contributed by atoms with van der Waals surface area (Å²) in [5, 5.41) is 0. The van der Waals surface area contributed by atoms with Crippen LogP contribution < -0.4 is 0 Å². The molecule has 0 aliphatic heterocycles. The summed E-state index contributed by atoms with van der Waals surface area (Å²) in [6, 6.07) is -16.4. The SMILES string of the molecule is FC(F)(F)C(F)(F)C(F)(F)C(F)(F)c1cc(-c2cc(-c3nc(C(F)(F)C(F)(F)C(F)(F)C(F)(F)F)cc(C(F)(F)C(F)(F)C(F)(F)C(F)(F)F)n3)cc(-c3nc(C(F)(F)C(F)(F)C(F)(F)C(F)(F)F)cc(C(F)(F)C(F)(F)C(F)(F)C(F)(F)F)n3)c2)cc(C(F)(F)C(F)(F)C(F)(F)C(F)(F)F)c1. The van der Waals surface area contributed by atoms with E-state index in [1.807, 2.05) is 0 Å². The van der Waals surface area contributed by atoms with Crippen LogP contribution in [0.25, 0.3) is 33.9 Å². The van der Waals surface area contributed by atoms with Crippen molar-refractivity contribution in [3.05, 3.63) is 82.4 Å². The van der Waals surface area contributed by atoms with Crippen LogP contribution in [-0.2, 0) is 35.5 Å². The molecule has 0 aliphatic carbocycles. The van der Waals surface area contributed by atoms with E-state index in [1.165, 1.54) is 0 Å². The van der Waals surface area contributed by atoms with Crippen molar-refractivity contribution in [3.63, 3.8) is 0 Å². The molecule has 0 amide bonds. The fraction of sp³-hybridized carbons (Fsp3) is 0.545. The maximum atomic E-state index is 15.7. The van der Waals surface area contributed by atoms with Crippen LogP contribution in [-0.4, -0.2) is 128 Å². The van der Waals surface area contributed by atoms with Gasteiger partial charge >= 0.3 is 144 Å². The molecule has 4 rings (SSSR count). The van der Waals surface area contributed by atoms with Crippen molar-refractivity contribution >= 4 is 0 Å². The van der Waals surface area contributed by atoms with Gasteiger partial charge in [-0.15, -0.1) is 0 Å². The van der Waals surface area contributed by atoms with Gasteiger partial charge in [0.2, 0.25) is 0 Å². The minimum Gasteiger partial charge on any atom is -0.226 e. The summed E-state index contributed by atoms with van der Waals surface area (Å²) in [6.07, 6.45) is -50.1. The fourth-order valence-corrected chi connectivity index (χ4v) is 7.26. The Balaban J connectivity index is 2.71. The smallest absolute Gasteiger partial charge is 0.226 e. The molecular formula is C44H8F54N4. The highest BCUT2D eigenvalue weighted by molar-refractivity contribution is 5.79. The molecule has 2 aromatic heterocycles. The number of aromatic nitrogens is 4. The number of benzene rings is 2. The van der Waals surface area contributed by atoms with Gasteiger partial charge in [0.05, 0.1) is 0 Å². The first-order valence-electron chi connectivity index (χ1n) is 23.4. The molecule has 2 heterocycles. The highest BCUT2D eigenvalue weighted by atomic mass is 19.5. The predicted molar refractivity (Wildman–Crippen MR) is 213 cm³/mol. The first-order valence-corrected chi connectivity index (χ1v) is 23.4. The third kappa shape index (κ3) is 12.4. The van der Waals surface area contributed by atoms with Gasteiger partial charge in [-0.1, -0.05) is 0 Å². The molecule has 582 valence electrons. The Hall–Kier alpha value is -7.18. The van der Waals surface area contributed by atoms with Gasteiger partial charge in [-0.25, -0.2) is 19.9 Å². The van der Waals surface area contributed by atoms with Crippen LogP contribution in [0.4, 0.5) is 237 Å². The third-order valence-corrected chi connectivity index (χ3v) is 13.0. The molecule has 0 fully saturated rings. The maximum absolute atomic E-state index is 15.7. The normalized spacial score (nSPS) is 15.9. The van der Waals surface area contributed by atoms with Gasteiger partial charge in [0.1, 0.15) is 22.8 Å². The molecule has 0 radical (unpaired) electrons. The zero-order valence-corrected chi connectivity index (χ0v) is 44.8. The molecule has 2 aromatic carbocycles. The van der Waals surface area contributed by atoms with Crippen LogP contribution in [0, 0.1) is 0 Å². The quantitative estimate of drug-likeness (QED) is 0.0780. The summed E-state index contributed by atoms with van der Waals surface area (Å²) in [6.45, 7) is 0. The van der Waals surface area contributed by atoms with E-state index in [4.69, 9.17) is 0 Å². The van der Waals surface area contributed by atoms with Crippen molar-refractivity contribution < 1.29 is 237 Å². The largest absolute Gasteiger partial charge is 0.460 e. The average molecular weight is 1620 g/mol. The van der Waals surface area contributed by atoms with Gasteiger partial charge in [0, 0.05) is 22.3 Å². The molecule has 0 atom stereocenters. The Bertz CT molecular complexity index is 3170. The van der Waals surface area contributed by atoms with E-state index in [0.717, 1.165) is 0 Å². The molecule has 0 spiro atoms. The number of alkyl halides is 54. The number of hydrogen-bond acceptors (Lipinski definition) is 4. The van der Waals surface area contributed by atoms with E-state index in [1.54, 1.807) is 19.9 Å². The van der Waals surface area contributed by atoms with Crippen LogP contribution >= 0.6 is 0 Å². The van der Waals surface area contributed by atoms with E-state index >= 15 is 52.7 Å². The van der Waals surface area contributed by atoms with Gasteiger partial charge in [-0.05, 0) is 59.7 Å². The molecule has 4 nitrogen and oxygen atoms in total. The standard InChI is InChI=1S/C44H8F54N4/c45-21(46,27(57,58)33(69,70)39(81,82)83)13-4-10(5-14(6-13)22(47,48)28(59,60)34(71,72)40(84,85)86)9-1-11(19-99-15(23(49,50)29(61,62)35(73,74)41(87,88)89)7-16(100-19)24(51,52)30(63,64)36(75,76)42(90,91)92)3-12(2-9)20-101-17(25(53,54)31(65,66)37(77,78)43(93,94)95)8-18(102-20)26(55,56)32(67,68)38(79,80)44(96,97)98/h1-8H. The molecule has 4 aromatic rings. The first kappa shape index (κ1) is 87.2. The summed E-state index contributed by atoms with van der Waals surface area (Å²) in [5.74, 6) is -163. The highest BCUT2D eigenvalue weighted by Gasteiger charge is 2.88. The van der Waals surface area contributed by atoms with Crippen molar-refractivity contribution in [2.45, 2.75) is 144 Å². The predicted octanol–water partition coefficient (Wildman–Crippen LogP) is 21.8. The second-order valence-electron chi connectivity index (χ2n) is 19.8. The molecule has 0 N–H and O–H groups in total. The average Bonchev–Trinajstić information content (AvgIpc) is 0.741. The second-order valence-corrected chi connectivity index (χ2v) is 19.8. The van der Waals surface area contributed by atoms with E-state index in [9.17, 15) is 184 Å². The minimum absolute atomic E-state index is 1.56. The molecule has 0 saturated heterocycles. The summed E-state index contributed by atoms with van der Waals surface area (Å²) < 4.78 is 775. The molecule has 102 heavy (non-hydrogen) atoms. The van der Waals surface area contributed by atoms with Gasteiger partial charge < -0.3 is 0 Å². The zero-order valence-electron chi connectivity index (χ0n) is 44.8. The molecule has 0 saturated carbocycles. The topological polar surface area (TPSA) is 51.6 Å². The van der Waals surface area contributed by atoms with Crippen molar-refractivity contribution in [2.75, 3.05) is 0 Å². The van der Waals surface area contributed by atoms with Crippen molar-refractivity contribution in [1.82, 2.24) is 19.9 Å². The van der Waals surface area contributed by atoms with Gasteiger partial charge in [0.25, 0.3) is 0 Å². The summed E-state index contributed by atoms with van der Waals surface area (Å²) in [5.41, 5.74) is -41.4. The van der Waals surface area contributed by atoms with Crippen molar-refractivity contribution in [3.8, 4) is 33.9 Å². The Kier molecular flexibility index (Phi) is 20.2. The van der Waals surface area contributed by atoms with Crippen LogP contribution in [0.5, 0.6) is 0 Å². The minimum atomic E-state index is -8.83. The summed E-state index contributed by atoms with van der Waals surface area (Å²) in [4.78, 5) is 6.25. The zero-order chi connectivity index (χ0) is 81.4. The van der Waals surface area contributed by atoms with Crippen LogP contribution in [0.3, 0.4) is 0 Å². The van der Waals surface area contributed by atoms with Crippen LogP contribution in [0.15, 0.2) is 48.5 Å². The molecule has 0 unspecified atom stereocenters. The Morgan fingerprint density at radius 1 is 0.147 bits per heavy atom. The van der Waals surface area contributed by atoms with E-state index in [0.29, 0.717) is 0 Å². The van der Waals surface area contributed by atoms with Crippen LogP contribution in [0.2, 0.25) is 0 Å². The van der Waals surface area contributed by atoms with Crippen LogP contribution in [0.1, 0.15) is 33.9 Å². The molecule has 0 bridgehead atoms. The lowest BCUT2D eigenvalue weighted by atomic mass is 9.87. The van der Waals surface area contributed by atoms with Crippen molar-refractivity contribution in [2.24, 2.45) is 0 Å². The lowest BCUT2D eigenvalue weighted by molar-refractivity contribution is -0.401. The highest BCUT2D eigenvalue weighted by Crippen LogP contribution is 2.65. The number of nitrogens with zero attached hydrogens (tertiary/aromatic N) is 4. The number of halogens is 54. The fourth-order valence-electron chi connectivity index (χ4n) is 7.26. The van der Waals surface area contributed by atoms with Gasteiger partial charge in [-0.2, -0.15) is 237 Å². The summed E-state index contributed by atoms with van der Waals surface area (Å²) >= 11 is 0. The first-order chi connectivity index (χ1) is 44.0. The lowest BCUT2D eigenvalue weighted by Crippen LogP contribution is -2.60. The Morgan fingerprint density at radius 2 is 0.294 bits per heavy atom. The third-order valence-electron chi connectivity index (χ3n) is 13.0. The molecule has 58 heteroatoms. The van der Waals surface area contributed by atoms with E-state index < -0.39 is 260 Å². The second kappa shape index (κ2) is 23.7. The lowest BCUT2D eigenvalue weighted by Gasteiger charge is -2.36. The van der Waals surface area contributed by atoms with Gasteiger partial charge in [0.15, 0.2) is 11.6 Å². The van der Waals surface area contributed by atoms with E-state index in [-0.39, 0.29) is 0 Å². The van der Waals surface area contributed by atoms with E-state index in [2.05, 4.69) is 0 Å². The summed E-state index contributed by atoms with van der Waals surface area (Å²) in [7, 11) is 0. The molecular weight excluding hydrogens is 1610 g/mol. The maximum Gasteiger partial charge on any atom is 0.460 e. The monoisotopic (exact) mass is 1620 g/mol. The number of rotatable bonds is 21. The Labute approximate surface area is 517 Å². The Morgan fingerprint density at radius 3 is 0.461 bits per heavy atom. The number of hydrogen-bond donors (Lipinski definition) is 0. The van der Waals surface area contributed by atoms with Gasteiger partial charge in [-0.3, -0.25) is 0 Å². The van der Waals surface area contributed by atoms with Crippen molar-refractivity contribution in [1.29, 1.82) is 0 Å². The molecule has 0 aliphatic rings.